The van der Waals surface area contributed by atoms with E-state index < -0.39 is 0 Å². The van der Waals surface area contributed by atoms with Gasteiger partial charge in [-0.1, -0.05) is 23.9 Å². The lowest BCUT2D eigenvalue weighted by Crippen LogP contribution is -2.29. The van der Waals surface area contributed by atoms with Gasteiger partial charge in [0.15, 0.2) is 39.7 Å². The molecule has 1 aromatic heterocycles. The molecular formula is C33H34N4O9S. The predicted octanol–water partition coefficient (Wildman–Crippen LogP) is 3.42. The van der Waals surface area contributed by atoms with Gasteiger partial charge in [-0.15, -0.1) is 0 Å². The fourth-order valence-corrected chi connectivity index (χ4v) is 6.05. The van der Waals surface area contributed by atoms with Crippen LogP contribution < -0.4 is 44.6 Å². The fourth-order valence-electron chi connectivity index (χ4n) is 5.20. The van der Waals surface area contributed by atoms with Crippen LogP contribution in [0.4, 0.5) is 0 Å². The summed E-state index contributed by atoms with van der Waals surface area (Å²) in [4.78, 5) is 43.9. The van der Waals surface area contributed by atoms with Gasteiger partial charge >= 0.3 is 0 Å². The molecule has 6 rings (SSSR count). The van der Waals surface area contributed by atoms with Crippen molar-refractivity contribution in [2.75, 3.05) is 40.1 Å². The number of benzene rings is 3. The minimum atomic E-state index is -0.287. The predicted molar refractivity (Wildman–Crippen MR) is 173 cm³/mol. The molecule has 246 valence electrons. The Morgan fingerprint density at radius 1 is 0.851 bits per heavy atom. The van der Waals surface area contributed by atoms with Gasteiger partial charge in [0, 0.05) is 32.1 Å². The molecule has 0 saturated heterocycles. The Kier molecular flexibility index (Phi) is 9.86. The Balaban J connectivity index is 1.08. The molecule has 2 N–H and O–H groups in total. The summed E-state index contributed by atoms with van der Waals surface area (Å²) < 4.78 is 33.8. The molecule has 0 fully saturated rings. The topological polar surface area (TPSA) is 148 Å². The molecule has 13 nitrogen and oxygen atoms in total. The molecule has 3 aromatic carbocycles. The summed E-state index contributed by atoms with van der Waals surface area (Å²) >= 11 is 1.16. The van der Waals surface area contributed by atoms with Gasteiger partial charge in [-0.05, 0) is 54.3 Å². The summed E-state index contributed by atoms with van der Waals surface area (Å²) in [5.41, 5.74) is 2.02. The number of rotatable bonds is 14. The summed E-state index contributed by atoms with van der Waals surface area (Å²) in [5, 5.41) is 6.57. The van der Waals surface area contributed by atoms with Crippen LogP contribution in [0, 0.1) is 0 Å². The van der Waals surface area contributed by atoms with Crippen LogP contribution in [0.15, 0.2) is 58.5 Å². The maximum atomic E-state index is 13.7. The van der Waals surface area contributed by atoms with E-state index in [4.69, 9.17) is 33.4 Å². The van der Waals surface area contributed by atoms with Gasteiger partial charge in [0.05, 0.1) is 30.9 Å². The van der Waals surface area contributed by atoms with Gasteiger partial charge in [-0.3, -0.25) is 19.0 Å². The standard InChI is InChI=1S/C33H34N4O9S/c1-41-24-7-5-20(12-26(24)42-2)9-10-34-31(39)17-47-33-36-23-15-29-28(45-19-46-29)14-22(23)32(40)37(33)11-3-4-30(38)35-16-21-6-8-25-27(13-21)44-18-43-25/h5-8,12-15H,3-4,9-11,16-19H2,1-2H3,(H,34,39)(H,35,38). The number of fused-ring (bicyclic) bond motifs is 3. The van der Waals surface area contributed by atoms with Crippen LogP contribution in [0.25, 0.3) is 10.9 Å². The van der Waals surface area contributed by atoms with Crippen molar-refractivity contribution in [3.8, 4) is 34.5 Å². The van der Waals surface area contributed by atoms with Gasteiger partial charge in [0.2, 0.25) is 25.4 Å². The lowest BCUT2D eigenvalue weighted by Gasteiger charge is -2.14. The molecule has 0 aliphatic carbocycles. The average Bonchev–Trinajstić information content (AvgIpc) is 3.75. The molecular weight excluding hydrogens is 628 g/mol. The molecule has 2 amide bonds. The molecule has 0 saturated carbocycles. The number of carbonyl (C=O) groups excluding carboxylic acids is 2. The zero-order valence-electron chi connectivity index (χ0n) is 26.0. The minimum Gasteiger partial charge on any atom is -0.493 e. The summed E-state index contributed by atoms with van der Waals surface area (Å²) in [5.74, 6) is 3.25. The highest BCUT2D eigenvalue weighted by atomic mass is 32.2. The Bertz CT molecular complexity index is 1860. The highest BCUT2D eigenvalue weighted by molar-refractivity contribution is 7.99. The smallest absolute Gasteiger partial charge is 0.262 e. The molecule has 2 aliphatic heterocycles. The molecule has 0 unspecified atom stereocenters. The first kappa shape index (κ1) is 31.9. The van der Waals surface area contributed by atoms with Crippen LogP contribution in [0.2, 0.25) is 0 Å². The Hall–Kier alpha value is -5.11. The van der Waals surface area contributed by atoms with Crippen LogP contribution in [-0.4, -0.2) is 61.5 Å². The van der Waals surface area contributed by atoms with Gasteiger partial charge in [-0.2, -0.15) is 0 Å². The average molecular weight is 663 g/mol. The second-order valence-corrected chi connectivity index (χ2v) is 11.7. The third-order valence-corrected chi connectivity index (χ3v) is 8.62. The summed E-state index contributed by atoms with van der Waals surface area (Å²) in [6.07, 6.45) is 1.17. The van der Waals surface area contributed by atoms with E-state index in [0.717, 1.165) is 22.9 Å². The zero-order chi connectivity index (χ0) is 32.8. The van der Waals surface area contributed by atoms with Gasteiger partial charge in [-0.25, -0.2) is 4.98 Å². The molecule has 0 radical (unpaired) electrons. The number of aromatic nitrogens is 2. The first-order chi connectivity index (χ1) is 22.9. The van der Waals surface area contributed by atoms with Crippen molar-refractivity contribution < 1.29 is 38.0 Å². The number of amides is 2. The van der Waals surface area contributed by atoms with E-state index in [9.17, 15) is 14.4 Å². The van der Waals surface area contributed by atoms with Crippen molar-refractivity contribution >= 4 is 34.5 Å². The zero-order valence-corrected chi connectivity index (χ0v) is 26.8. The number of methoxy groups -OCH3 is 2. The first-order valence-electron chi connectivity index (χ1n) is 15.0. The van der Waals surface area contributed by atoms with E-state index in [1.54, 1.807) is 26.4 Å². The Labute approximate surface area is 274 Å². The van der Waals surface area contributed by atoms with Crippen molar-refractivity contribution in [1.82, 2.24) is 20.2 Å². The first-order valence-corrected chi connectivity index (χ1v) is 16.0. The Morgan fingerprint density at radius 2 is 1.57 bits per heavy atom. The lowest BCUT2D eigenvalue weighted by molar-refractivity contribution is -0.121. The monoisotopic (exact) mass is 662 g/mol. The van der Waals surface area contributed by atoms with Crippen molar-refractivity contribution in [1.29, 1.82) is 0 Å². The highest BCUT2D eigenvalue weighted by Gasteiger charge is 2.20. The molecule has 2 aliphatic rings. The van der Waals surface area contributed by atoms with Crippen molar-refractivity contribution in [3.63, 3.8) is 0 Å². The van der Waals surface area contributed by atoms with E-state index in [1.807, 2.05) is 36.4 Å². The normalized spacial score (nSPS) is 12.6. The van der Waals surface area contributed by atoms with Crippen LogP contribution in [-0.2, 0) is 29.1 Å². The fraction of sp³-hybridized carbons (Fsp3) is 0.333. The summed E-state index contributed by atoms with van der Waals surface area (Å²) in [6.45, 7) is 1.23. The molecule has 0 bridgehead atoms. The highest BCUT2D eigenvalue weighted by Crippen LogP contribution is 2.35. The molecule has 3 heterocycles. The van der Waals surface area contributed by atoms with Crippen LogP contribution in [0.1, 0.15) is 24.0 Å². The third kappa shape index (κ3) is 7.49. The number of nitrogens with zero attached hydrogens (tertiary/aromatic N) is 2. The van der Waals surface area contributed by atoms with Gasteiger partial charge in [0.25, 0.3) is 5.56 Å². The van der Waals surface area contributed by atoms with Crippen molar-refractivity contribution in [2.24, 2.45) is 0 Å². The van der Waals surface area contributed by atoms with E-state index in [-0.39, 0.29) is 49.7 Å². The maximum absolute atomic E-state index is 13.7. The molecule has 47 heavy (non-hydrogen) atoms. The minimum absolute atomic E-state index is 0.0461. The summed E-state index contributed by atoms with van der Waals surface area (Å²) in [7, 11) is 3.15. The quantitative estimate of drug-likeness (QED) is 0.151. The molecule has 0 atom stereocenters. The maximum Gasteiger partial charge on any atom is 0.262 e. The third-order valence-electron chi connectivity index (χ3n) is 7.64. The lowest BCUT2D eigenvalue weighted by atomic mass is 10.1. The van der Waals surface area contributed by atoms with Gasteiger partial charge < -0.3 is 39.1 Å². The number of nitrogens with one attached hydrogen (secondary N) is 2. The van der Waals surface area contributed by atoms with E-state index in [2.05, 4.69) is 10.6 Å². The summed E-state index contributed by atoms with van der Waals surface area (Å²) in [6, 6.07) is 14.4. The van der Waals surface area contributed by atoms with Crippen LogP contribution in [0.3, 0.4) is 0 Å². The van der Waals surface area contributed by atoms with Crippen molar-refractivity contribution in [3.05, 3.63) is 70.0 Å². The number of hydrogen-bond donors (Lipinski definition) is 2. The molecule has 4 aromatic rings. The number of carbonyl (C=O) groups is 2. The SMILES string of the molecule is COc1ccc(CCNC(=O)CSc2nc3cc4c(cc3c(=O)n2CCCC(=O)NCc2ccc3c(c2)OCO3)OCO4)cc1OC. The van der Waals surface area contributed by atoms with Gasteiger partial charge in [0.1, 0.15) is 0 Å². The van der Waals surface area contributed by atoms with Crippen LogP contribution >= 0.6 is 11.8 Å². The second-order valence-electron chi connectivity index (χ2n) is 10.7. The van der Waals surface area contributed by atoms with E-state index in [1.165, 1.54) is 4.57 Å². The Morgan fingerprint density at radius 3 is 2.36 bits per heavy atom. The molecule has 0 spiro atoms. The largest absolute Gasteiger partial charge is 0.493 e. The molecule has 14 heteroatoms. The van der Waals surface area contributed by atoms with Crippen LogP contribution in [0.5, 0.6) is 34.5 Å². The van der Waals surface area contributed by atoms with Crippen molar-refractivity contribution in [2.45, 2.75) is 37.5 Å². The number of thioether (sulfide) groups is 1. The number of hydrogen-bond acceptors (Lipinski definition) is 11. The van der Waals surface area contributed by atoms with E-state index >= 15 is 0 Å². The van der Waals surface area contributed by atoms with E-state index in [0.29, 0.717) is 76.5 Å². The number of ether oxygens (including phenoxy) is 6. The second kappa shape index (κ2) is 14.5.